The molecule has 1 aromatic heterocycles. The summed E-state index contributed by atoms with van der Waals surface area (Å²) >= 11 is 5.85. The summed E-state index contributed by atoms with van der Waals surface area (Å²) < 4.78 is 5.03. The van der Waals surface area contributed by atoms with E-state index in [1.807, 2.05) is 36.5 Å². The minimum atomic E-state index is 0.724. The smallest absolute Gasteiger partial charge is 0.0702 e. The van der Waals surface area contributed by atoms with Crippen molar-refractivity contribution in [3.8, 4) is 11.3 Å². The number of aromatic nitrogens is 1. The van der Waals surface area contributed by atoms with Crippen molar-refractivity contribution < 1.29 is 4.74 Å². The Morgan fingerprint density at radius 1 is 1.12 bits per heavy atom. The van der Waals surface area contributed by atoms with E-state index >= 15 is 0 Å². The Labute approximate surface area is 106 Å². The van der Waals surface area contributed by atoms with Crippen LogP contribution >= 0.6 is 11.6 Å². The molecule has 0 unspecified atom stereocenters. The fourth-order valence-corrected chi connectivity index (χ4v) is 1.71. The first-order chi connectivity index (χ1) is 8.29. The number of pyridine rings is 1. The van der Waals surface area contributed by atoms with Crippen molar-refractivity contribution in [2.45, 2.75) is 6.42 Å². The third-order valence-electron chi connectivity index (χ3n) is 2.56. The van der Waals surface area contributed by atoms with Crippen molar-refractivity contribution in [2.75, 3.05) is 13.7 Å². The van der Waals surface area contributed by atoms with Crippen LogP contribution in [0.5, 0.6) is 0 Å². The molecule has 0 spiro atoms. The molecule has 2 nitrogen and oxygen atoms in total. The number of nitrogens with zero attached hydrogens (tertiary/aromatic N) is 1. The Hall–Kier alpha value is -1.38. The highest BCUT2D eigenvalue weighted by atomic mass is 35.5. The van der Waals surface area contributed by atoms with Crippen molar-refractivity contribution in [1.82, 2.24) is 4.98 Å². The average Bonchev–Trinajstić information content (AvgIpc) is 2.38. The zero-order valence-electron chi connectivity index (χ0n) is 9.69. The summed E-state index contributed by atoms with van der Waals surface area (Å²) in [5.74, 6) is 0. The molecule has 0 aliphatic heterocycles. The summed E-state index contributed by atoms with van der Waals surface area (Å²) in [6.45, 7) is 0.724. The molecule has 0 saturated heterocycles. The van der Waals surface area contributed by atoms with E-state index in [4.69, 9.17) is 16.3 Å². The van der Waals surface area contributed by atoms with Gasteiger partial charge in [-0.25, -0.2) is 0 Å². The maximum atomic E-state index is 5.85. The number of rotatable bonds is 4. The monoisotopic (exact) mass is 247 g/mol. The summed E-state index contributed by atoms with van der Waals surface area (Å²) in [7, 11) is 1.70. The van der Waals surface area contributed by atoms with E-state index in [-0.39, 0.29) is 0 Å². The van der Waals surface area contributed by atoms with Crippen LogP contribution in [0, 0.1) is 0 Å². The number of halogens is 1. The molecular weight excluding hydrogens is 234 g/mol. The van der Waals surface area contributed by atoms with Crippen LogP contribution in [0.2, 0.25) is 5.02 Å². The fraction of sp³-hybridized carbons (Fsp3) is 0.214. The zero-order valence-corrected chi connectivity index (χ0v) is 10.4. The molecule has 17 heavy (non-hydrogen) atoms. The van der Waals surface area contributed by atoms with Crippen molar-refractivity contribution in [2.24, 2.45) is 0 Å². The predicted octanol–water partition coefficient (Wildman–Crippen LogP) is 3.59. The lowest BCUT2D eigenvalue weighted by Crippen LogP contribution is -1.95. The van der Waals surface area contributed by atoms with E-state index in [1.165, 1.54) is 5.56 Å². The van der Waals surface area contributed by atoms with Gasteiger partial charge < -0.3 is 4.74 Å². The molecule has 0 N–H and O–H groups in total. The van der Waals surface area contributed by atoms with Crippen LogP contribution in [0.4, 0.5) is 0 Å². The highest BCUT2D eigenvalue weighted by molar-refractivity contribution is 6.30. The Kier molecular flexibility index (Phi) is 4.13. The summed E-state index contributed by atoms with van der Waals surface area (Å²) in [5.41, 5.74) is 3.22. The van der Waals surface area contributed by atoms with E-state index in [1.54, 1.807) is 7.11 Å². The second-order valence-corrected chi connectivity index (χ2v) is 4.24. The fourth-order valence-electron chi connectivity index (χ4n) is 1.58. The lowest BCUT2D eigenvalue weighted by atomic mass is 10.1. The highest BCUT2D eigenvalue weighted by Gasteiger charge is 1.99. The third kappa shape index (κ3) is 3.29. The second kappa shape index (κ2) is 5.80. The largest absolute Gasteiger partial charge is 0.384 e. The van der Waals surface area contributed by atoms with Gasteiger partial charge in [0.05, 0.1) is 12.3 Å². The molecule has 0 radical (unpaired) electrons. The third-order valence-corrected chi connectivity index (χ3v) is 2.81. The van der Waals surface area contributed by atoms with Gasteiger partial charge in [0.15, 0.2) is 0 Å². The van der Waals surface area contributed by atoms with Crippen molar-refractivity contribution >= 4 is 11.6 Å². The number of hydrogen-bond donors (Lipinski definition) is 0. The lowest BCUT2D eigenvalue weighted by molar-refractivity contribution is 0.202. The van der Waals surface area contributed by atoms with Crippen LogP contribution in [0.3, 0.4) is 0 Å². The van der Waals surface area contributed by atoms with E-state index in [2.05, 4.69) is 11.1 Å². The molecule has 0 atom stereocenters. The van der Waals surface area contributed by atoms with Crippen LogP contribution in [-0.4, -0.2) is 18.7 Å². The van der Waals surface area contributed by atoms with E-state index in [0.29, 0.717) is 0 Å². The van der Waals surface area contributed by atoms with Crippen LogP contribution < -0.4 is 0 Å². The van der Waals surface area contributed by atoms with Gasteiger partial charge in [-0.05, 0) is 30.2 Å². The molecule has 0 bridgehead atoms. The van der Waals surface area contributed by atoms with Crippen LogP contribution in [0.1, 0.15) is 5.56 Å². The van der Waals surface area contributed by atoms with Gasteiger partial charge in [0.1, 0.15) is 0 Å². The van der Waals surface area contributed by atoms with E-state index in [0.717, 1.165) is 29.3 Å². The number of hydrogen-bond acceptors (Lipinski definition) is 2. The zero-order chi connectivity index (χ0) is 12.1. The first kappa shape index (κ1) is 12.1. The van der Waals surface area contributed by atoms with Crippen molar-refractivity contribution in [3.05, 3.63) is 53.2 Å². The molecule has 88 valence electrons. The summed E-state index contributed by atoms with van der Waals surface area (Å²) in [6, 6.07) is 11.8. The van der Waals surface area contributed by atoms with Gasteiger partial charge in [-0.1, -0.05) is 29.8 Å². The molecule has 0 amide bonds. The molecule has 2 rings (SSSR count). The van der Waals surface area contributed by atoms with E-state index < -0.39 is 0 Å². The molecule has 1 aromatic carbocycles. The first-order valence-corrected chi connectivity index (χ1v) is 5.87. The quantitative estimate of drug-likeness (QED) is 0.824. The highest BCUT2D eigenvalue weighted by Crippen LogP contribution is 2.19. The molecule has 0 fully saturated rings. The van der Waals surface area contributed by atoms with Crippen molar-refractivity contribution in [3.63, 3.8) is 0 Å². The van der Waals surface area contributed by atoms with Gasteiger partial charge >= 0.3 is 0 Å². The summed E-state index contributed by atoms with van der Waals surface area (Å²) in [4.78, 5) is 4.43. The van der Waals surface area contributed by atoms with Gasteiger partial charge in [0, 0.05) is 23.9 Å². The SMILES string of the molecule is COCCc1ccc(-c2ccc(Cl)cc2)nc1. The molecule has 0 aliphatic rings. The molecule has 0 aliphatic carbocycles. The average molecular weight is 248 g/mol. The van der Waals surface area contributed by atoms with Gasteiger partial charge in [-0.2, -0.15) is 0 Å². The summed E-state index contributed by atoms with van der Waals surface area (Å²) in [5, 5.41) is 0.741. The predicted molar refractivity (Wildman–Crippen MR) is 70.3 cm³/mol. The van der Waals surface area contributed by atoms with Crippen molar-refractivity contribution in [1.29, 1.82) is 0 Å². The second-order valence-electron chi connectivity index (χ2n) is 3.80. The van der Waals surface area contributed by atoms with Crippen LogP contribution in [0.15, 0.2) is 42.6 Å². The number of benzene rings is 1. The lowest BCUT2D eigenvalue weighted by Gasteiger charge is -2.03. The Balaban J connectivity index is 2.14. The Bertz CT molecular complexity index is 465. The van der Waals surface area contributed by atoms with Gasteiger partial charge in [-0.15, -0.1) is 0 Å². The van der Waals surface area contributed by atoms with Gasteiger partial charge in [0.2, 0.25) is 0 Å². The minimum absolute atomic E-state index is 0.724. The Morgan fingerprint density at radius 3 is 2.47 bits per heavy atom. The van der Waals surface area contributed by atoms with Gasteiger partial charge in [-0.3, -0.25) is 4.98 Å². The summed E-state index contributed by atoms with van der Waals surface area (Å²) in [6.07, 6.45) is 2.79. The maximum absolute atomic E-state index is 5.85. The molecule has 3 heteroatoms. The van der Waals surface area contributed by atoms with E-state index in [9.17, 15) is 0 Å². The molecular formula is C14H14ClNO. The normalized spacial score (nSPS) is 10.5. The minimum Gasteiger partial charge on any atom is -0.384 e. The van der Waals surface area contributed by atoms with Crippen LogP contribution in [0.25, 0.3) is 11.3 Å². The maximum Gasteiger partial charge on any atom is 0.0702 e. The first-order valence-electron chi connectivity index (χ1n) is 5.49. The topological polar surface area (TPSA) is 22.1 Å². The standard InChI is InChI=1S/C14H14ClNO/c1-17-9-8-11-2-7-14(16-10-11)12-3-5-13(15)6-4-12/h2-7,10H,8-9H2,1H3. The Morgan fingerprint density at radius 2 is 1.88 bits per heavy atom. The molecule has 2 aromatic rings. The van der Waals surface area contributed by atoms with Gasteiger partial charge in [0.25, 0.3) is 0 Å². The van der Waals surface area contributed by atoms with Crippen LogP contribution in [-0.2, 0) is 11.2 Å². The number of methoxy groups -OCH3 is 1. The molecule has 1 heterocycles. The number of ether oxygens (including phenoxy) is 1. The molecule has 0 saturated carbocycles.